The molecule has 2 rings (SSSR count). The lowest BCUT2D eigenvalue weighted by Gasteiger charge is -2.07. The van der Waals surface area contributed by atoms with Crippen molar-refractivity contribution in [1.29, 1.82) is 0 Å². The van der Waals surface area contributed by atoms with Crippen LogP contribution in [0.15, 0.2) is 24.5 Å². The summed E-state index contributed by atoms with van der Waals surface area (Å²) in [5.74, 6) is -0.723. The molecule has 1 heterocycles. The number of rotatable bonds is 3. The highest BCUT2D eigenvalue weighted by molar-refractivity contribution is 6.43. The number of nitrogens with one attached hydrogen (secondary N) is 1. The number of hydrogen-bond acceptors (Lipinski definition) is 5. The lowest BCUT2D eigenvalue weighted by molar-refractivity contribution is -0.385. The van der Waals surface area contributed by atoms with E-state index in [1.54, 1.807) is 13.0 Å². The number of benzene rings is 1. The molecule has 1 aromatic heterocycles. The predicted octanol–water partition coefficient (Wildman–Crippen LogP) is 3.25. The normalized spacial score (nSPS) is 10.2. The van der Waals surface area contributed by atoms with Gasteiger partial charge in [-0.1, -0.05) is 29.3 Å². The van der Waals surface area contributed by atoms with E-state index >= 15 is 0 Å². The van der Waals surface area contributed by atoms with E-state index in [1.165, 1.54) is 12.1 Å². The smallest absolute Gasteiger partial charge is 0.282 e. The second-order valence-electron chi connectivity index (χ2n) is 4.06. The number of aromatic nitrogens is 2. The number of carbonyl (C=O) groups excluding carboxylic acids is 1. The minimum Gasteiger partial charge on any atom is -0.305 e. The van der Waals surface area contributed by atoms with Crippen LogP contribution in [0.3, 0.4) is 0 Å². The molecule has 0 aliphatic carbocycles. The molecular weight excluding hydrogens is 319 g/mol. The molecule has 21 heavy (non-hydrogen) atoms. The Morgan fingerprint density at radius 3 is 2.71 bits per heavy atom. The Kier molecular flexibility index (Phi) is 4.35. The van der Waals surface area contributed by atoms with Gasteiger partial charge in [-0.15, -0.1) is 0 Å². The topological polar surface area (TPSA) is 98.0 Å². The van der Waals surface area contributed by atoms with Crippen LogP contribution in [0.1, 0.15) is 15.9 Å². The first-order valence-corrected chi connectivity index (χ1v) is 6.38. The number of aryl methyl sites for hydroxylation is 1. The largest absolute Gasteiger partial charge is 0.305 e. The monoisotopic (exact) mass is 326 g/mol. The van der Waals surface area contributed by atoms with Crippen LogP contribution >= 0.6 is 23.2 Å². The molecule has 0 aliphatic heterocycles. The molecule has 9 heteroatoms. The van der Waals surface area contributed by atoms with Crippen LogP contribution in [0.4, 0.5) is 11.5 Å². The predicted molar refractivity (Wildman–Crippen MR) is 77.8 cm³/mol. The van der Waals surface area contributed by atoms with Gasteiger partial charge in [0.1, 0.15) is 16.9 Å². The molecule has 0 spiro atoms. The fourth-order valence-electron chi connectivity index (χ4n) is 1.60. The molecule has 2 aromatic rings. The molecule has 0 fully saturated rings. The van der Waals surface area contributed by atoms with Gasteiger partial charge in [0.05, 0.1) is 4.92 Å². The van der Waals surface area contributed by atoms with E-state index in [0.29, 0.717) is 5.56 Å². The van der Waals surface area contributed by atoms with E-state index in [4.69, 9.17) is 23.2 Å². The summed E-state index contributed by atoms with van der Waals surface area (Å²) in [6, 6.07) is 4.21. The van der Waals surface area contributed by atoms with Crippen LogP contribution in [-0.4, -0.2) is 20.8 Å². The van der Waals surface area contributed by atoms with Crippen LogP contribution in [-0.2, 0) is 0 Å². The molecule has 108 valence electrons. The van der Waals surface area contributed by atoms with Crippen LogP contribution in [0.2, 0.25) is 10.2 Å². The van der Waals surface area contributed by atoms with Crippen molar-refractivity contribution in [2.24, 2.45) is 0 Å². The molecule has 0 saturated carbocycles. The fourth-order valence-corrected chi connectivity index (χ4v) is 1.88. The van der Waals surface area contributed by atoms with Crippen molar-refractivity contribution in [2.75, 3.05) is 5.32 Å². The fraction of sp³-hybridized carbons (Fsp3) is 0.0833. The number of nitro groups is 1. The highest BCUT2D eigenvalue weighted by atomic mass is 35.5. The molecule has 0 radical (unpaired) electrons. The van der Waals surface area contributed by atoms with Crippen LogP contribution < -0.4 is 5.32 Å². The van der Waals surface area contributed by atoms with Crippen molar-refractivity contribution in [1.82, 2.24) is 9.97 Å². The second-order valence-corrected chi connectivity index (χ2v) is 4.79. The molecule has 1 aromatic carbocycles. The van der Waals surface area contributed by atoms with Crippen molar-refractivity contribution in [3.63, 3.8) is 0 Å². The Balaban J connectivity index is 2.39. The first-order chi connectivity index (χ1) is 9.90. The maximum Gasteiger partial charge on any atom is 0.282 e. The van der Waals surface area contributed by atoms with Gasteiger partial charge in [-0.3, -0.25) is 14.9 Å². The van der Waals surface area contributed by atoms with Gasteiger partial charge in [0, 0.05) is 6.07 Å². The average Bonchev–Trinajstić information content (AvgIpc) is 2.43. The Hall–Kier alpha value is -2.25. The summed E-state index contributed by atoms with van der Waals surface area (Å²) in [5.41, 5.74) is 0.303. The van der Waals surface area contributed by atoms with E-state index < -0.39 is 10.8 Å². The molecule has 0 aliphatic rings. The SMILES string of the molecule is Cc1ccc([N+](=O)[O-])c(C(=O)Nc2ncnc(Cl)c2Cl)c1. The average molecular weight is 327 g/mol. The minimum atomic E-state index is -0.706. The zero-order chi connectivity index (χ0) is 15.6. The summed E-state index contributed by atoms with van der Waals surface area (Å²) >= 11 is 11.6. The first kappa shape index (κ1) is 15.1. The molecular formula is C12H8Cl2N4O3. The molecule has 0 bridgehead atoms. The van der Waals surface area contributed by atoms with Crippen LogP contribution in [0, 0.1) is 17.0 Å². The Labute approximate surface area is 129 Å². The number of nitro benzene ring substituents is 1. The van der Waals surface area contributed by atoms with E-state index in [1.807, 2.05) is 0 Å². The Morgan fingerprint density at radius 2 is 2.05 bits per heavy atom. The quantitative estimate of drug-likeness (QED) is 0.530. The van der Waals surface area contributed by atoms with Crippen molar-refractivity contribution in [3.8, 4) is 0 Å². The van der Waals surface area contributed by atoms with Gasteiger partial charge in [-0.05, 0) is 18.6 Å². The lowest BCUT2D eigenvalue weighted by atomic mass is 10.1. The number of carbonyl (C=O) groups is 1. The third-order valence-electron chi connectivity index (χ3n) is 2.57. The van der Waals surface area contributed by atoms with Crippen molar-refractivity contribution in [2.45, 2.75) is 6.92 Å². The zero-order valence-electron chi connectivity index (χ0n) is 10.6. The summed E-state index contributed by atoms with van der Waals surface area (Å²) in [6.07, 6.45) is 1.12. The molecule has 1 amide bonds. The van der Waals surface area contributed by atoms with Crippen LogP contribution in [0.25, 0.3) is 0 Å². The number of nitrogens with zero attached hydrogens (tertiary/aromatic N) is 3. The van der Waals surface area contributed by atoms with E-state index in [-0.39, 0.29) is 27.2 Å². The van der Waals surface area contributed by atoms with Gasteiger partial charge in [-0.2, -0.15) is 0 Å². The molecule has 0 saturated heterocycles. The Morgan fingerprint density at radius 1 is 1.33 bits per heavy atom. The van der Waals surface area contributed by atoms with Crippen molar-refractivity contribution in [3.05, 3.63) is 55.9 Å². The maximum absolute atomic E-state index is 12.2. The molecule has 0 unspecified atom stereocenters. The molecule has 1 N–H and O–H groups in total. The van der Waals surface area contributed by atoms with Gasteiger partial charge in [0.25, 0.3) is 11.6 Å². The molecule has 7 nitrogen and oxygen atoms in total. The van der Waals surface area contributed by atoms with Crippen LogP contribution in [0.5, 0.6) is 0 Å². The number of anilines is 1. The van der Waals surface area contributed by atoms with E-state index in [0.717, 1.165) is 6.33 Å². The summed E-state index contributed by atoms with van der Waals surface area (Å²) in [7, 11) is 0. The van der Waals surface area contributed by atoms with E-state index in [9.17, 15) is 14.9 Å². The third kappa shape index (κ3) is 3.26. The minimum absolute atomic E-state index is 0.0162. The standard InChI is InChI=1S/C12H8Cl2N4O3/c1-6-2-3-8(18(20)21)7(4-6)12(19)17-11-9(13)10(14)15-5-16-11/h2-5H,1H3,(H,15,16,17,19). The summed E-state index contributed by atoms with van der Waals surface area (Å²) in [5, 5.41) is 13.3. The summed E-state index contributed by atoms with van der Waals surface area (Å²) in [4.78, 5) is 29.9. The lowest BCUT2D eigenvalue weighted by Crippen LogP contribution is -2.15. The second kappa shape index (κ2) is 6.02. The van der Waals surface area contributed by atoms with Gasteiger partial charge in [0.15, 0.2) is 11.0 Å². The first-order valence-electron chi connectivity index (χ1n) is 5.62. The summed E-state index contributed by atoms with van der Waals surface area (Å²) < 4.78 is 0. The summed E-state index contributed by atoms with van der Waals surface area (Å²) in [6.45, 7) is 1.72. The maximum atomic E-state index is 12.2. The zero-order valence-corrected chi connectivity index (χ0v) is 12.1. The van der Waals surface area contributed by atoms with Gasteiger partial charge in [-0.25, -0.2) is 9.97 Å². The van der Waals surface area contributed by atoms with Gasteiger partial charge in [0.2, 0.25) is 0 Å². The highest BCUT2D eigenvalue weighted by Crippen LogP contribution is 2.27. The van der Waals surface area contributed by atoms with Crippen molar-refractivity contribution >= 4 is 40.6 Å². The van der Waals surface area contributed by atoms with Crippen molar-refractivity contribution < 1.29 is 9.72 Å². The Bertz CT molecular complexity index is 736. The van der Waals surface area contributed by atoms with Gasteiger partial charge >= 0.3 is 0 Å². The van der Waals surface area contributed by atoms with Gasteiger partial charge < -0.3 is 5.32 Å². The third-order valence-corrected chi connectivity index (χ3v) is 3.31. The number of amides is 1. The highest BCUT2D eigenvalue weighted by Gasteiger charge is 2.21. The number of hydrogen-bond donors (Lipinski definition) is 1. The molecule has 0 atom stereocenters. The number of halogens is 2. The van der Waals surface area contributed by atoms with E-state index in [2.05, 4.69) is 15.3 Å².